The van der Waals surface area contributed by atoms with Crippen molar-refractivity contribution in [3.05, 3.63) is 100 Å². The van der Waals surface area contributed by atoms with Crippen LogP contribution >= 0.6 is 0 Å². The minimum absolute atomic E-state index is 0.00251. The smallest absolute Gasteiger partial charge is 0.161 e. The molecule has 3 aromatic carbocycles. The molecule has 4 heterocycles. The van der Waals surface area contributed by atoms with Crippen LogP contribution in [0.5, 0.6) is 0 Å². The van der Waals surface area contributed by atoms with Gasteiger partial charge in [-0.1, -0.05) is 113 Å². The molecule has 0 saturated heterocycles. The zero-order valence-corrected chi connectivity index (χ0v) is 33.9. The van der Waals surface area contributed by atoms with E-state index >= 15 is 0 Å². The fourth-order valence-electron chi connectivity index (χ4n) is 7.22. The highest BCUT2D eigenvalue weighted by atomic mass is 15.3. The average Bonchev–Trinajstić information content (AvgIpc) is 3.56. The van der Waals surface area contributed by atoms with E-state index in [-0.39, 0.29) is 21.7 Å². The third kappa shape index (κ3) is 5.82. The van der Waals surface area contributed by atoms with E-state index in [2.05, 4.69) is 178 Å². The summed E-state index contributed by atoms with van der Waals surface area (Å²) in [7, 11) is 0. The standard InChI is InChI=1S/C45H55N7/c1-26-16-20-31(21-17-26)52(36-27(2)50-38(48-36)32-22-18-29(42(4,5)6)24-34(32)46-40(50)44(10,11)12)37-28(3)51-39(49-37)33-23-19-30(43(7,8)9)25-35(33)47-41(51)45(13,14)15/h16-25H,1-15H3. The van der Waals surface area contributed by atoms with Crippen molar-refractivity contribution in [3.63, 3.8) is 0 Å². The minimum atomic E-state index is -0.237. The highest BCUT2D eigenvalue weighted by molar-refractivity contribution is 5.96. The fraction of sp³-hybridized carbons (Fsp3) is 0.422. The summed E-state index contributed by atoms with van der Waals surface area (Å²) < 4.78 is 4.54. The van der Waals surface area contributed by atoms with Gasteiger partial charge in [-0.2, -0.15) is 0 Å². The molecular weight excluding hydrogens is 639 g/mol. The first kappa shape index (κ1) is 35.6. The lowest BCUT2D eigenvalue weighted by atomic mass is 9.86. The molecule has 0 N–H and O–H groups in total. The molecule has 0 spiro atoms. The molecule has 7 aromatic rings. The lowest BCUT2D eigenvalue weighted by Gasteiger charge is -2.24. The van der Waals surface area contributed by atoms with Gasteiger partial charge in [0.2, 0.25) is 0 Å². The van der Waals surface area contributed by atoms with Gasteiger partial charge in [-0.3, -0.25) is 13.7 Å². The van der Waals surface area contributed by atoms with Crippen LogP contribution < -0.4 is 4.90 Å². The Balaban J connectivity index is 1.59. The van der Waals surface area contributed by atoms with Crippen molar-refractivity contribution in [3.8, 4) is 0 Å². The number of aromatic nitrogens is 6. The molecule has 0 radical (unpaired) electrons. The van der Waals surface area contributed by atoms with Crippen LogP contribution in [0.3, 0.4) is 0 Å². The van der Waals surface area contributed by atoms with Crippen LogP contribution in [0.1, 0.15) is 123 Å². The topological polar surface area (TPSA) is 63.6 Å². The number of nitrogens with zero attached hydrogens (tertiary/aromatic N) is 7. The second-order valence-corrected chi connectivity index (χ2v) is 18.9. The van der Waals surface area contributed by atoms with Crippen LogP contribution in [-0.4, -0.2) is 28.7 Å². The van der Waals surface area contributed by atoms with Gasteiger partial charge in [0.25, 0.3) is 0 Å². The van der Waals surface area contributed by atoms with Crippen LogP contribution in [0.4, 0.5) is 17.3 Å². The summed E-state index contributed by atoms with van der Waals surface area (Å²) >= 11 is 0. The molecule has 0 aliphatic carbocycles. The lowest BCUT2D eigenvalue weighted by molar-refractivity contribution is 0.537. The molecule has 0 fully saturated rings. The third-order valence-electron chi connectivity index (χ3n) is 10.3. The van der Waals surface area contributed by atoms with Crippen molar-refractivity contribution < 1.29 is 0 Å². The zero-order chi connectivity index (χ0) is 37.9. The molecule has 0 aliphatic heterocycles. The SMILES string of the molecule is Cc1ccc(N(c2nc3c4ccc(C(C)(C)C)cc4nc(C(C)(C)C)n3c2C)c2nc3c4ccc(C(C)(C)C)cc4nc(C(C)(C)C)n3c2C)cc1. The van der Waals surface area contributed by atoms with Crippen molar-refractivity contribution in [2.24, 2.45) is 0 Å². The van der Waals surface area contributed by atoms with E-state index in [9.17, 15) is 0 Å². The molecule has 0 atom stereocenters. The van der Waals surface area contributed by atoms with Gasteiger partial charge in [-0.25, -0.2) is 19.9 Å². The predicted octanol–water partition coefficient (Wildman–Crippen LogP) is 11.7. The first-order valence-electron chi connectivity index (χ1n) is 18.6. The molecule has 7 heteroatoms. The highest BCUT2D eigenvalue weighted by Gasteiger charge is 2.32. The van der Waals surface area contributed by atoms with Crippen LogP contribution in [0.15, 0.2) is 60.7 Å². The van der Waals surface area contributed by atoms with E-state index < -0.39 is 0 Å². The quantitative estimate of drug-likeness (QED) is 0.184. The van der Waals surface area contributed by atoms with Crippen LogP contribution in [0.2, 0.25) is 0 Å². The van der Waals surface area contributed by atoms with Gasteiger partial charge in [0.1, 0.15) is 22.9 Å². The Bertz CT molecular complexity index is 2360. The van der Waals surface area contributed by atoms with E-state index in [0.717, 1.165) is 73.5 Å². The van der Waals surface area contributed by atoms with Gasteiger partial charge in [-0.05, 0) is 79.1 Å². The lowest BCUT2D eigenvalue weighted by Crippen LogP contribution is -2.20. The largest absolute Gasteiger partial charge is 0.282 e. The van der Waals surface area contributed by atoms with Crippen molar-refractivity contribution >= 4 is 50.4 Å². The van der Waals surface area contributed by atoms with E-state index in [1.165, 1.54) is 16.7 Å². The molecule has 4 aromatic heterocycles. The third-order valence-corrected chi connectivity index (χ3v) is 10.3. The van der Waals surface area contributed by atoms with Gasteiger partial charge >= 0.3 is 0 Å². The second-order valence-electron chi connectivity index (χ2n) is 18.9. The van der Waals surface area contributed by atoms with Gasteiger partial charge in [-0.15, -0.1) is 0 Å². The maximum absolute atomic E-state index is 5.55. The van der Waals surface area contributed by atoms with E-state index in [1.807, 2.05) is 0 Å². The van der Waals surface area contributed by atoms with Crippen molar-refractivity contribution in [2.45, 2.75) is 126 Å². The molecule has 0 aliphatic rings. The number of hydrogen-bond donors (Lipinski definition) is 0. The van der Waals surface area contributed by atoms with Crippen molar-refractivity contribution in [1.29, 1.82) is 0 Å². The first-order valence-corrected chi connectivity index (χ1v) is 18.6. The molecule has 270 valence electrons. The van der Waals surface area contributed by atoms with Gasteiger partial charge in [0, 0.05) is 27.3 Å². The summed E-state index contributed by atoms with van der Waals surface area (Å²) in [5, 5.41) is 2.07. The second kappa shape index (κ2) is 11.6. The molecule has 7 rings (SSSR count). The number of aryl methyl sites for hydroxylation is 3. The van der Waals surface area contributed by atoms with Gasteiger partial charge < -0.3 is 0 Å². The van der Waals surface area contributed by atoms with E-state index in [1.54, 1.807) is 0 Å². The number of hydrogen-bond acceptors (Lipinski definition) is 5. The Morgan fingerprint density at radius 2 is 0.846 bits per heavy atom. The van der Waals surface area contributed by atoms with Crippen LogP contribution in [0.25, 0.3) is 33.1 Å². The first-order chi connectivity index (χ1) is 24.1. The molecule has 52 heavy (non-hydrogen) atoms. The van der Waals surface area contributed by atoms with Crippen LogP contribution in [0, 0.1) is 20.8 Å². The molecule has 0 unspecified atom stereocenters. The van der Waals surface area contributed by atoms with Crippen molar-refractivity contribution in [1.82, 2.24) is 28.7 Å². The summed E-state index contributed by atoms with van der Waals surface area (Å²) in [5.41, 5.74) is 10.0. The maximum atomic E-state index is 5.55. The highest BCUT2D eigenvalue weighted by Crippen LogP contribution is 2.42. The Labute approximate surface area is 309 Å². The summed E-state index contributed by atoms with van der Waals surface area (Å²) in [5.74, 6) is 3.62. The monoisotopic (exact) mass is 693 g/mol. The summed E-state index contributed by atoms with van der Waals surface area (Å²) in [6.07, 6.45) is 0. The Morgan fingerprint density at radius 3 is 1.19 bits per heavy atom. The maximum Gasteiger partial charge on any atom is 0.161 e. The number of fused-ring (bicyclic) bond motifs is 6. The van der Waals surface area contributed by atoms with Crippen LogP contribution in [-0.2, 0) is 21.7 Å². The molecule has 0 amide bonds. The number of rotatable bonds is 3. The number of imidazole rings is 2. The number of benzene rings is 3. The summed E-state index contributed by atoms with van der Waals surface area (Å²) in [6.45, 7) is 33.3. The van der Waals surface area contributed by atoms with Gasteiger partial charge in [0.05, 0.1) is 22.4 Å². The van der Waals surface area contributed by atoms with E-state index in [4.69, 9.17) is 19.9 Å². The summed E-state index contributed by atoms with van der Waals surface area (Å²) in [4.78, 5) is 24.1. The van der Waals surface area contributed by atoms with Gasteiger partial charge in [0.15, 0.2) is 11.6 Å². The van der Waals surface area contributed by atoms with E-state index in [0.29, 0.717) is 0 Å². The zero-order valence-electron chi connectivity index (χ0n) is 33.9. The molecule has 0 bridgehead atoms. The Hall–Kier alpha value is -4.78. The normalized spacial score (nSPS) is 13.3. The molecule has 0 saturated carbocycles. The Morgan fingerprint density at radius 1 is 0.462 bits per heavy atom. The predicted molar refractivity (Wildman–Crippen MR) is 218 cm³/mol. The Kier molecular flexibility index (Phi) is 7.95. The number of anilines is 3. The minimum Gasteiger partial charge on any atom is -0.282 e. The fourth-order valence-corrected chi connectivity index (χ4v) is 7.22. The molecule has 7 nitrogen and oxygen atoms in total. The summed E-state index contributed by atoms with van der Waals surface area (Å²) in [6, 6.07) is 22.0. The average molecular weight is 694 g/mol. The van der Waals surface area contributed by atoms with Crippen molar-refractivity contribution in [2.75, 3.05) is 4.90 Å². The molecular formula is C45H55N7.